The molecule has 0 aliphatic heterocycles. The van der Waals surface area contributed by atoms with Crippen molar-refractivity contribution in [3.8, 4) is 5.75 Å². The van der Waals surface area contributed by atoms with Crippen LogP contribution in [0.3, 0.4) is 0 Å². The highest BCUT2D eigenvalue weighted by Crippen LogP contribution is 2.40. The molecule has 2 heterocycles. The zero-order valence-electron chi connectivity index (χ0n) is 11.0. The molecular weight excluding hydrogens is 284 g/mol. The monoisotopic (exact) mass is 300 g/mol. The molecule has 0 aliphatic carbocycles. The summed E-state index contributed by atoms with van der Waals surface area (Å²) < 4.78 is 5.20. The van der Waals surface area contributed by atoms with E-state index in [1.165, 1.54) is 9.75 Å². The fourth-order valence-electron chi connectivity index (χ4n) is 1.61. The van der Waals surface area contributed by atoms with Crippen molar-refractivity contribution >= 4 is 34.3 Å². The van der Waals surface area contributed by atoms with Gasteiger partial charge in [-0.3, -0.25) is 0 Å². The van der Waals surface area contributed by atoms with Crippen LogP contribution in [0.5, 0.6) is 5.75 Å². The number of hydrogen-bond donors (Lipinski definition) is 0. The minimum absolute atomic E-state index is 0.0694. The molecule has 0 fully saturated rings. The van der Waals surface area contributed by atoms with Crippen LogP contribution in [0.25, 0.3) is 0 Å². The SMILES string of the molecule is COc1csc(C(Cl)c2ccc(C(C)(C)C)s2)c1. The van der Waals surface area contributed by atoms with Gasteiger partial charge in [-0.25, -0.2) is 0 Å². The molecule has 0 amide bonds. The first-order valence-corrected chi connectivity index (χ1v) is 7.92. The van der Waals surface area contributed by atoms with Crippen LogP contribution in [0, 0.1) is 0 Å². The molecule has 0 aromatic carbocycles. The topological polar surface area (TPSA) is 9.23 Å². The predicted octanol–water partition coefficient (Wildman–Crippen LogP) is 5.44. The summed E-state index contributed by atoms with van der Waals surface area (Å²) >= 11 is 9.97. The normalized spacial score (nSPS) is 13.6. The average Bonchev–Trinajstić information content (AvgIpc) is 2.96. The molecular formula is C14H17ClOS2. The van der Waals surface area contributed by atoms with E-state index in [0.29, 0.717) is 0 Å². The van der Waals surface area contributed by atoms with Crippen molar-refractivity contribution in [3.63, 3.8) is 0 Å². The molecule has 0 aliphatic rings. The van der Waals surface area contributed by atoms with Gasteiger partial charge in [0.05, 0.1) is 7.11 Å². The third-order valence-electron chi connectivity index (χ3n) is 2.70. The van der Waals surface area contributed by atoms with Gasteiger partial charge in [-0.2, -0.15) is 0 Å². The van der Waals surface area contributed by atoms with E-state index in [1.807, 2.05) is 11.4 Å². The second-order valence-corrected chi connectivity index (χ2v) is 7.70. The van der Waals surface area contributed by atoms with Crippen LogP contribution in [0.2, 0.25) is 0 Å². The Balaban J connectivity index is 2.23. The molecule has 0 spiro atoms. The zero-order chi connectivity index (χ0) is 13.3. The number of ether oxygens (including phenoxy) is 1. The van der Waals surface area contributed by atoms with E-state index in [-0.39, 0.29) is 10.8 Å². The largest absolute Gasteiger partial charge is 0.496 e. The van der Waals surface area contributed by atoms with Gasteiger partial charge < -0.3 is 4.74 Å². The minimum Gasteiger partial charge on any atom is -0.496 e. The van der Waals surface area contributed by atoms with E-state index in [0.717, 1.165) is 10.6 Å². The number of rotatable bonds is 3. The molecule has 2 rings (SSSR count). The average molecular weight is 301 g/mol. The first-order chi connectivity index (χ1) is 8.41. The maximum absolute atomic E-state index is 6.53. The van der Waals surface area contributed by atoms with Gasteiger partial charge in [-0.15, -0.1) is 34.3 Å². The van der Waals surface area contributed by atoms with E-state index in [4.69, 9.17) is 16.3 Å². The predicted molar refractivity (Wildman–Crippen MR) is 81.6 cm³/mol. The molecule has 2 aromatic rings. The van der Waals surface area contributed by atoms with Gasteiger partial charge in [0.25, 0.3) is 0 Å². The number of methoxy groups -OCH3 is 1. The van der Waals surface area contributed by atoms with Crippen LogP contribution in [-0.2, 0) is 5.41 Å². The van der Waals surface area contributed by atoms with Crippen molar-refractivity contribution in [2.75, 3.05) is 7.11 Å². The summed E-state index contributed by atoms with van der Waals surface area (Å²) in [5, 5.41) is 1.92. The third kappa shape index (κ3) is 2.90. The van der Waals surface area contributed by atoms with Gasteiger partial charge in [0.1, 0.15) is 11.1 Å². The summed E-state index contributed by atoms with van der Waals surface area (Å²) in [5.74, 6) is 0.883. The zero-order valence-corrected chi connectivity index (χ0v) is 13.4. The highest BCUT2D eigenvalue weighted by Gasteiger charge is 2.20. The van der Waals surface area contributed by atoms with E-state index in [2.05, 4.69) is 32.9 Å². The van der Waals surface area contributed by atoms with Crippen LogP contribution in [0.1, 0.15) is 40.8 Å². The Morgan fingerprint density at radius 3 is 2.44 bits per heavy atom. The van der Waals surface area contributed by atoms with E-state index < -0.39 is 0 Å². The van der Waals surface area contributed by atoms with E-state index in [1.54, 1.807) is 29.8 Å². The lowest BCUT2D eigenvalue weighted by Crippen LogP contribution is -2.07. The molecule has 0 bridgehead atoms. The lowest BCUT2D eigenvalue weighted by Gasteiger charge is -2.15. The van der Waals surface area contributed by atoms with Gasteiger partial charge >= 0.3 is 0 Å². The van der Waals surface area contributed by atoms with Gasteiger partial charge in [0.2, 0.25) is 0 Å². The highest BCUT2D eigenvalue weighted by molar-refractivity contribution is 7.13. The Kier molecular flexibility index (Phi) is 4.05. The number of alkyl halides is 1. The molecule has 1 atom stereocenters. The number of thiophene rings is 2. The Hall–Kier alpha value is -0.510. The summed E-state index contributed by atoms with van der Waals surface area (Å²) in [4.78, 5) is 3.70. The fraction of sp³-hybridized carbons (Fsp3) is 0.429. The lowest BCUT2D eigenvalue weighted by atomic mass is 9.95. The van der Waals surface area contributed by atoms with Gasteiger partial charge in [0, 0.05) is 20.0 Å². The molecule has 1 nitrogen and oxygen atoms in total. The van der Waals surface area contributed by atoms with Gasteiger partial charge in [-0.1, -0.05) is 20.8 Å². The molecule has 18 heavy (non-hydrogen) atoms. The Bertz CT molecular complexity index is 522. The van der Waals surface area contributed by atoms with E-state index in [9.17, 15) is 0 Å². The summed E-state index contributed by atoms with van der Waals surface area (Å²) in [5.41, 5.74) is 0.187. The molecule has 0 saturated heterocycles. The van der Waals surface area contributed by atoms with Gasteiger partial charge in [-0.05, 0) is 23.6 Å². The standard InChI is InChI=1S/C14H17ClOS2/c1-14(2,3)12-6-5-10(18-12)13(15)11-7-9(16-4)8-17-11/h5-8,13H,1-4H3. The van der Waals surface area contributed by atoms with Crippen LogP contribution in [0.15, 0.2) is 23.6 Å². The van der Waals surface area contributed by atoms with Crippen molar-refractivity contribution < 1.29 is 4.74 Å². The first kappa shape index (κ1) is 13.9. The summed E-state index contributed by atoms with van der Waals surface area (Å²) in [6.07, 6.45) is 0. The van der Waals surface area contributed by atoms with Crippen molar-refractivity contribution in [1.82, 2.24) is 0 Å². The second-order valence-electron chi connectivity index (χ2n) is 5.20. The lowest BCUT2D eigenvalue weighted by molar-refractivity contribution is 0.416. The summed E-state index contributed by atoms with van der Waals surface area (Å²) in [6, 6.07) is 6.33. The van der Waals surface area contributed by atoms with E-state index >= 15 is 0 Å². The second kappa shape index (κ2) is 5.24. The third-order valence-corrected chi connectivity index (χ3v) is 5.98. The Morgan fingerprint density at radius 2 is 1.94 bits per heavy atom. The van der Waals surface area contributed by atoms with Crippen LogP contribution in [-0.4, -0.2) is 7.11 Å². The van der Waals surface area contributed by atoms with Gasteiger partial charge in [0.15, 0.2) is 0 Å². The number of halogens is 1. The van der Waals surface area contributed by atoms with Crippen molar-refractivity contribution in [3.05, 3.63) is 38.2 Å². The first-order valence-electron chi connectivity index (χ1n) is 5.78. The van der Waals surface area contributed by atoms with Crippen molar-refractivity contribution in [2.45, 2.75) is 31.6 Å². The van der Waals surface area contributed by atoms with Crippen molar-refractivity contribution in [1.29, 1.82) is 0 Å². The molecule has 0 N–H and O–H groups in total. The molecule has 98 valence electrons. The molecule has 4 heteroatoms. The highest BCUT2D eigenvalue weighted by atomic mass is 35.5. The van der Waals surface area contributed by atoms with Crippen LogP contribution in [0.4, 0.5) is 0 Å². The maximum atomic E-state index is 6.53. The fourth-order valence-corrected chi connectivity index (χ4v) is 4.01. The Labute approximate surface area is 121 Å². The number of hydrogen-bond acceptors (Lipinski definition) is 3. The molecule has 1 unspecified atom stereocenters. The smallest absolute Gasteiger partial charge is 0.129 e. The van der Waals surface area contributed by atoms with Crippen molar-refractivity contribution in [2.24, 2.45) is 0 Å². The summed E-state index contributed by atoms with van der Waals surface area (Å²) in [7, 11) is 1.68. The van der Waals surface area contributed by atoms with Crippen LogP contribution >= 0.6 is 34.3 Å². The minimum atomic E-state index is -0.0694. The molecule has 0 saturated carbocycles. The Morgan fingerprint density at radius 1 is 1.22 bits per heavy atom. The summed E-state index contributed by atoms with van der Waals surface area (Å²) in [6.45, 7) is 6.67. The quantitative estimate of drug-likeness (QED) is 0.685. The molecule has 2 aromatic heterocycles. The van der Waals surface area contributed by atoms with Crippen LogP contribution < -0.4 is 4.74 Å². The molecule has 0 radical (unpaired) electrons. The maximum Gasteiger partial charge on any atom is 0.129 e.